The predicted octanol–water partition coefficient (Wildman–Crippen LogP) is 7.03. The van der Waals surface area contributed by atoms with Gasteiger partial charge in [-0.3, -0.25) is 0 Å². The van der Waals surface area contributed by atoms with E-state index < -0.39 is 0 Å². The maximum Gasteiger partial charge on any atom is 0.223 e. The lowest BCUT2D eigenvalue weighted by atomic mass is 9.77. The minimum absolute atomic E-state index is 0.471. The van der Waals surface area contributed by atoms with Crippen LogP contribution in [0.5, 0.6) is 0 Å². The summed E-state index contributed by atoms with van der Waals surface area (Å²) in [6.07, 6.45) is 11.0. The number of aromatic nitrogens is 2. The van der Waals surface area contributed by atoms with E-state index in [9.17, 15) is 0 Å². The molecule has 1 aliphatic heterocycles. The van der Waals surface area contributed by atoms with Gasteiger partial charge in [0.05, 0.1) is 5.69 Å². The summed E-state index contributed by atoms with van der Waals surface area (Å²) in [5.74, 6) is 2.24. The van der Waals surface area contributed by atoms with Gasteiger partial charge in [-0.15, -0.1) is 0 Å². The Morgan fingerprint density at radius 1 is 0.909 bits per heavy atom. The molecular weight excluding hydrogens is 519 g/mol. The number of hydrogen-bond donors (Lipinski definition) is 1. The van der Waals surface area contributed by atoms with Crippen molar-refractivity contribution < 1.29 is 0 Å². The molecule has 2 fully saturated rings. The number of nitrogens with zero attached hydrogens (tertiary/aromatic N) is 3. The smallest absolute Gasteiger partial charge is 0.223 e. The van der Waals surface area contributed by atoms with Gasteiger partial charge < -0.3 is 10.2 Å². The second-order valence-corrected chi connectivity index (χ2v) is 10.8. The summed E-state index contributed by atoms with van der Waals surface area (Å²) in [5.41, 5.74) is 3.51. The lowest BCUT2D eigenvalue weighted by molar-refractivity contribution is 0.247. The third-order valence-corrected chi connectivity index (χ3v) is 8.01. The molecule has 1 N–H and O–H groups in total. The minimum Gasteiger partial charge on any atom is -0.371 e. The van der Waals surface area contributed by atoms with Crippen molar-refractivity contribution in [2.75, 3.05) is 23.3 Å². The monoisotopic (exact) mass is 552 g/mol. The fourth-order valence-electron chi connectivity index (χ4n) is 5.62. The van der Waals surface area contributed by atoms with Crippen molar-refractivity contribution in [3.05, 3.63) is 70.4 Å². The van der Waals surface area contributed by atoms with Crippen molar-refractivity contribution in [1.82, 2.24) is 9.97 Å². The Morgan fingerprint density at radius 3 is 2.58 bits per heavy atom. The molecule has 2 aromatic carbocycles. The summed E-state index contributed by atoms with van der Waals surface area (Å²) < 4.78 is 1.31. The molecule has 0 unspecified atom stereocenters. The van der Waals surface area contributed by atoms with Crippen LogP contribution in [0.2, 0.25) is 0 Å². The molecule has 2 aliphatic rings. The first-order chi connectivity index (χ1) is 16.2. The van der Waals surface area contributed by atoms with Crippen LogP contribution in [0, 0.1) is 15.4 Å². The average molecular weight is 553 g/mol. The molecule has 0 amide bonds. The van der Waals surface area contributed by atoms with Gasteiger partial charge in [0, 0.05) is 40.1 Å². The summed E-state index contributed by atoms with van der Waals surface area (Å²) in [4.78, 5) is 12.0. The second kappa shape index (κ2) is 10.9. The van der Waals surface area contributed by atoms with Crippen LogP contribution in [0.3, 0.4) is 0 Å². The largest absolute Gasteiger partial charge is 0.371 e. The Kier molecular flexibility index (Phi) is 7.44. The van der Waals surface area contributed by atoms with Crippen LogP contribution >= 0.6 is 22.6 Å². The molecule has 5 rings (SSSR count). The maximum absolute atomic E-state index is 4.85. The first-order valence-electron chi connectivity index (χ1n) is 12.4. The normalized spacial score (nSPS) is 23.3. The number of nitrogens with one attached hydrogen (secondary N) is 1. The number of hydrogen-bond acceptors (Lipinski definition) is 4. The Bertz CT molecular complexity index is 1020. The van der Waals surface area contributed by atoms with E-state index in [1.54, 1.807) is 0 Å². The molecule has 3 aromatic rings. The lowest BCUT2D eigenvalue weighted by Crippen LogP contribution is -2.39. The quantitative estimate of drug-likeness (QED) is 0.334. The van der Waals surface area contributed by atoms with E-state index in [0.717, 1.165) is 23.1 Å². The number of anilines is 2. The molecule has 33 heavy (non-hydrogen) atoms. The van der Waals surface area contributed by atoms with Gasteiger partial charge in [0.2, 0.25) is 5.95 Å². The molecule has 3 atom stereocenters. The van der Waals surface area contributed by atoms with E-state index in [2.05, 4.69) is 86.3 Å². The van der Waals surface area contributed by atoms with Gasteiger partial charge in [-0.1, -0.05) is 43.2 Å². The second-order valence-electron chi connectivity index (χ2n) is 9.59. The van der Waals surface area contributed by atoms with Crippen molar-refractivity contribution in [3.63, 3.8) is 0 Å². The van der Waals surface area contributed by atoms with Crippen molar-refractivity contribution in [3.8, 4) is 11.3 Å². The van der Waals surface area contributed by atoms with Crippen molar-refractivity contribution >= 4 is 34.2 Å². The Morgan fingerprint density at radius 2 is 1.73 bits per heavy atom. The van der Waals surface area contributed by atoms with Crippen LogP contribution in [-0.2, 0) is 0 Å². The highest BCUT2D eigenvalue weighted by Gasteiger charge is 2.30. The van der Waals surface area contributed by atoms with Crippen molar-refractivity contribution in [1.29, 1.82) is 0 Å². The number of halogens is 1. The van der Waals surface area contributed by atoms with E-state index >= 15 is 0 Å². The maximum atomic E-state index is 4.85. The molecule has 4 nitrogen and oxygen atoms in total. The molecule has 2 heterocycles. The van der Waals surface area contributed by atoms with Crippen LogP contribution in [0.4, 0.5) is 11.6 Å². The Hall–Kier alpha value is -2.15. The van der Waals surface area contributed by atoms with Crippen LogP contribution < -0.4 is 10.2 Å². The molecule has 1 saturated carbocycles. The Balaban J connectivity index is 1.24. The summed E-state index contributed by atoms with van der Waals surface area (Å²) in [6.45, 7) is 2.37. The molecule has 0 radical (unpaired) electrons. The van der Waals surface area contributed by atoms with Crippen molar-refractivity contribution in [2.24, 2.45) is 11.8 Å². The summed E-state index contributed by atoms with van der Waals surface area (Å²) in [5, 5.41) is 3.74. The molecule has 1 aliphatic carbocycles. The fraction of sp³-hybridized carbons (Fsp3) is 0.429. The lowest BCUT2D eigenvalue weighted by Gasteiger charge is -2.39. The van der Waals surface area contributed by atoms with E-state index in [4.69, 9.17) is 4.98 Å². The average Bonchev–Trinajstić information content (AvgIpc) is 2.87. The van der Waals surface area contributed by atoms with E-state index in [-0.39, 0.29) is 0 Å². The minimum atomic E-state index is 0.471. The molecular formula is C28H33IN4. The molecule has 1 aromatic heterocycles. The number of benzene rings is 2. The van der Waals surface area contributed by atoms with Crippen LogP contribution in [-0.4, -0.2) is 29.1 Å². The van der Waals surface area contributed by atoms with Gasteiger partial charge >= 0.3 is 0 Å². The summed E-state index contributed by atoms with van der Waals surface area (Å²) in [6, 6.07) is 21.9. The highest BCUT2D eigenvalue weighted by molar-refractivity contribution is 14.1. The van der Waals surface area contributed by atoms with Gasteiger partial charge in [0.25, 0.3) is 0 Å². The summed E-state index contributed by atoms with van der Waals surface area (Å²) >= 11 is 2.39. The summed E-state index contributed by atoms with van der Waals surface area (Å²) in [7, 11) is 0. The zero-order valence-electron chi connectivity index (χ0n) is 19.2. The van der Waals surface area contributed by atoms with Crippen LogP contribution in [0.15, 0.2) is 66.9 Å². The molecule has 5 heteroatoms. The van der Waals surface area contributed by atoms with Gasteiger partial charge in [-0.25, -0.2) is 9.97 Å². The first-order valence-corrected chi connectivity index (χ1v) is 13.5. The Labute approximate surface area is 211 Å². The van der Waals surface area contributed by atoms with Gasteiger partial charge in [0.15, 0.2) is 0 Å². The zero-order valence-corrected chi connectivity index (χ0v) is 21.3. The molecule has 172 valence electrons. The van der Waals surface area contributed by atoms with Crippen LogP contribution in [0.1, 0.15) is 44.9 Å². The topological polar surface area (TPSA) is 41.0 Å². The van der Waals surface area contributed by atoms with Gasteiger partial charge in [-0.05, 0) is 96.9 Å². The van der Waals surface area contributed by atoms with Gasteiger partial charge in [-0.2, -0.15) is 0 Å². The van der Waals surface area contributed by atoms with E-state index in [1.165, 1.54) is 67.3 Å². The fourth-order valence-corrected chi connectivity index (χ4v) is 5.98. The molecule has 0 bridgehead atoms. The standard InChI is InChI=1S/C28H33IN4/c29-24-12-14-25(15-13-24)33-18-6-7-21(20-33)19-23-10-4-5-11-26(23)31-28-30-17-16-27(32-28)22-8-2-1-3-9-22/h1-3,8-9,12-17,21,23,26H,4-7,10-11,18-20H2,(H,30,31,32)/t21-,23+,26-/m1/s1. The molecule has 1 saturated heterocycles. The highest BCUT2D eigenvalue weighted by Crippen LogP contribution is 2.35. The third-order valence-electron chi connectivity index (χ3n) is 7.30. The highest BCUT2D eigenvalue weighted by atomic mass is 127. The number of piperidine rings is 1. The third kappa shape index (κ3) is 5.86. The zero-order chi connectivity index (χ0) is 22.5. The van der Waals surface area contributed by atoms with Crippen molar-refractivity contribution in [2.45, 2.75) is 51.0 Å². The molecule has 0 spiro atoms. The van der Waals surface area contributed by atoms with E-state index in [1.807, 2.05) is 18.3 Å². The SMILES string of the molecule is Ic1ccc(N2CCC[C@H](C[C@@H]3CCCC[C@H]3Nc3nccc(-c4ccccc4)n3)C2)cc1. The first kappa shape index (κ1) is 22.6. The van der Waals surface area contributed by atoms with E-state index in [0.29, 0.717) is 12.0 Å². The number of rotatable bonds is 6. The predicted molar refractivity (Wildman–Crippen MR) is 146 cm³/mol. The van der Waals surface area contributed by atoms with Crippen LogP contribution in [0.25, 0.3) is 11.3 Å². The van der Waals surface area contributed by atoms with Gasteiger partial charge in [0.1, 0.15) is 0 Å².